The minimum atomic E-state index is 0.135. The predicted octanol–water partition coefficient (Wildman–Crippen LogP) is 2.85. The molecule has 228 valence electrons. The lowest BCUT2D eigenvalue weighted by Crippen LogP contribution is -2.51. The highest BCUT2D eigenvalue weighted by Crippen LogP contribution is 2.36. The fraction of sp³-hybridized carbons (Fsp3) is 0.625. The molecule has 2 N–H and O–H groups in total. The molecule has 43 heavy (non-hydrogen) atoms. The van der Waals surface area contributed by atoms with Gasteiger partial charge in [-0.3, -0.25) is 10.00 Å². The smallest absolute Gasteiger partial charge is 0.318 e. The van der Waals surface area contributed by atoms with Crippen LogP contribution >= 0.6 is 0 Å². The molecule has 3 saturated heterocycles. The molecule has 4 aliphatic rings. The van der Waals surface area contributed by atoms with Crippen molar-refractivity contribution in [2.75, 3.05) is 69.3 Å². The van der Waals surface area contributed by atoms with E-state index in [0.717, 1.165) is 74.5 Å². The summed E-state index contributed by atoms with van der Waals surface area (Å²) in [5, 5.41) is 21.4. The SMILES string of the molecule is Cc1ccc2[nH]ncc2c1N1CCc2c(nc(OC[C@@H]3CCCN3C[C@@H]3CCCN3C)nc2N2CCN[C@@H](CC#N)C2)C1. The third-order valence-corrected chi connectivity index (χ3v) is 10.0. The Morgan fingerprint density at radius 2 is 1.95 bits per heavy atom. The number of likely N-dealkylation sites (tertiary alicyclic amines) is 2. The zero-order valence-electron chi connectivity index (χ0n) is 25.6. The third-order valence-electron chi connectivity index (χ3n) is 10.0. The van der Waals surface area contributed by atoms with E-state index in [1.807, 2.05) is 6.20 Å². The lowest BCUT2D eigenvalue weighted by Gasteiger charge is -2.37. The highest BCUT2D eigenvalue weighted by atomic mass is 16.5. The number of nitrogens with zero attached hydrogens (tertiary/aromatic N) is 8. The molecule has 11 heteroatoms. The Hall–Kier alpha value is -3.46. The van der Waals surface area contributed by atoms with Crippen LogP contribution in [0.25, 0.3) is 10.9 Å². The molecule has 3 atom stereocenters. The van der Waals surface area contributed by atoms with E-state index >= 15 is 0 Å². The number of nitrogens with one attached hydrogen (secondary N) is 2. The van der Waals surface area contributed by atoms with E-state index in [0.29, 0.717) is 37.7 Å². The normalized spacial score (nSPS) is 24.9. The van der Waals surface area contributed by atoms with Crippen LogP contribution in [0.1, 0.15) is 48.9 Å². The van der Waals surface area contributed by atoms with Crippen LogP contribution in [-0.4, -0.2) is 108 Å². The molecule has 4 aliphatic heterocycles. The number of piperazine rings is 1. The number of anilines is 2. The average Bonchev–Trinajstić information content (AvgIpc) is 3.78. The maximum absolute atomic E-state index is 9.36. The molecule has 0 aliphatic carbocycles. The number of fused-ring (bicyclic) bond motifs is 2. The number of H-pyrrole nitrogens is 1. The summed E-state index contributed by atoms with van der Waals surface area (Å²) in [6, 6.07) is 8.27. The van der Waals surface area contributed by atoms with Gasteiger partial charge in [0.2, 0.25) is 0 Å². The van der Waals surface area contributed by atoms with Crippen molar-refractivity contribution in [1.82, 2.24) is 35.3 Å². The Labute approximate surface area is 254 Å². The lowest BCUT2D eigenvalue weighted by atomic mass is 10.0. The number of aryl methyl sites for hydroxylation is 1. The summed E-state index contributed by atoms with van der Waals surface area (Å²) in [6.45, 7) is 10.3. The molecule has 7 rings (SSSR count). The largest absolute Gasteiger partial charge is 0.462 e. The van der Waals surface area contributed by atoms with Gasteiger partial charge in [0.05, 0.1) is 42.1 Å². The molecule has 0 amide bonds. The molecule has 0 unspecified atom stereocenters. The number of nitriles is 1. The highest BCUT2D eigenvalue weighted by molar-refractivity contribution is 5.93. The van der Waals surface area contributed by atoms with Crippen LogP contribution in [0.3, 0.4) is 0 Å². The minimum Gasteiger partial charge on any atom is -0.462 e. The molecule has 3 fully saturated rings. The first-order valence-corrected chi connectivity index (χ1v) is 16.1. The summed E-state index contributed by atoms with van der Waals surface area (Å²) >= 11 is 0. The van der Waals surface area contributed by atoms with Gasteiger partial charge in [-0.05, 0) is 70.8 Å². The van der Waals surface area contributed by atoms with Crippen LogP contribution < -0.4 is 19.9 Å². The van der Waals surface area contributed by atoms with Gasteiger partial charge in [-0.25, -0.2) is 0 Å². The first kappa shape index (κ1) is 28.3. The number of likely N-dealkylation sites (N-methyl/N-ethyl adjacent to an activating group) is 1. The van der Waals surface area contributed by atoms with Gasteiger partial charge < -0.3 is 24.8 Å². The number of rotatable bonds is 8. The van der Waals surface area contributed by atoms with E-state index in [2.05, 4.69) is 67.3 Å². The Kier molecular flexibility index (Phi) is 8.08. The van der Waals surface area contributed by atoms with E-state index in [-0.39, 0.29) is 6.04 Å². The van der Waals surface area contributed by atoms with Gasteiger partial charge in [0, 0.05) is 61.8 Å². The maximum Gasteiger partial charge on any atom is 0.318 e. The molecular formula is C32H44N10O. The van der Waals surface area contributed by atoms with E-state index < -0.39 is 0 Å². The molecule has 3 aromatic rings. The van der Waals surface area contributed by atoms with Gasteiger partial charge in [0.25, 0.3) is 0 Å². The van der Waals surface area contributed by atoms with Crippen LogP contribution in [0.5, 0.6) is 6.01 Å². The summed E-state index contributed by atoms with van der Waals surface area (Å²) in [4.78, 5) is 20.1. The number of aromatic amines is 1. The van der Waals surface area contributed by atoms with Gasteiger partial charge in [-0.1, -0.05) is 6.07 Å². The quantitative estimate of drug-likeness (QED) is 0.410. The van der Waals surface area contributed by atoms with Crippen molar-refractivity contribution in [3.05, 3.63) is 35.2 Å². The standard InChI is InChI=1S/C32H44N10O/c1-22-7-8-28-27(17-35-38-28)30(22)41-15-10-26-29(20-41)36-32(37-31(26)42-16-12-34-23(18-42)9-11-33)43-21-25-6-4-14-40(25)19-24-5-3-13-39(24)2/h7-8,17,23-25,34H,3-6,9-10,12-16,18-21H2,1-2H3,(H,35,38)/t23-,24-,25-/m0/s1. The maximum atomic E-state index is 9.36. The molecule has 0 spiro atoms. The zero-order valence-corrected chi connectivity index (χ0v) is 25.6. The third kappa shape index (κ3) is 5.76. The second kappa shape index (κ2) is 12.3. The second-order valence-electron chi connectivity index (χ2n) is 12.8. The number of ether oxygens (including phenoxy) is 1. The van der Waals surface area contributed by atoms with Crippen LogP contribution in [0.2, 0.25) is 0 Å². The number of hydrogen-bond donors (Lipinski definition) is 2. The summed E-state index contributed by atoms with van der Waals surface area (Å²) in [6.07, 6.45) is 8.24. The molecule has 6 heterocycles. The van der Waals surface area contributed by atoms with Crippen LogP contribution in [0, 0.1) is 18.3 Å². The van der Waals surface area contributed by atoms with Gasteiger partial charge in [-0.2, -0.15) is 20.3 Å². The number of aromatic nitrogens is 4. The average molecular weight is 585 g/mol. The second-order valence-corrected chi connectivity index (χ2v) is 12.8. The summed E-state index contributed by atoms with van der Waals surface area (Å²) in [5.41, 5.74) is 5.75. The van der Waals surface area contributed by atoms with Crippen LogP contribution in [-0.2, 0) is 13.0 Å². The predicted molar refractivity (Wildman–Crippen MR) is 168 cm³/mol. The van der Waals surface area contributed by atoms with Crippen molar-refractivity contribution in [2.45, 2.75) is 70.1 Å². The number of hydrogen-bond acceptors (Lipinski definition) is 10. The Morgan fingerprint density at radius 3 is 2.81 bits per heavy atom. The Morgan fingerprint density at radius 1 is 1.07 bits per heavy atom. The first-order chi connectivity index (χ1) is 21.1. The summed E-state index contributed by atoms with van der Waals surface area (Å²) < 4.78 is 6.50. The topological polar surface area (TPSA) is 112 Å². The summed E-state index contributed by atoms with van der Waals surface area (Å²) in [5.74, 6) is 0.984. The van der Waals surface area contributed by atoms with Crippen molar-refractivity contribution in [2.24, 2.45) is 0 Å². The van der Waals surface area contributed by atoms with Gasteiger partial charge in [0.1, 0.15) is 12.4 Å². The van der Waals surface area contributed by atoms with Crippen LogP contribution in [0.15, 0.2) is 18.3 Å². The van der Waals surface area contributed by atoms with Gasteiger partial charge >= 0.3 is 6.01 Å². The van der Waals surface area contributed by atoms with E-state index in [1.54, 1.807) is 0 Å². The van der Waals surface area contributed by atoms with E-state index in [4.69, 9.17) is 14.7 Å². The van der Waals surface area contributed by atoms with Crippen LogP contribution in [0.4, 0.5) is 11.5 Å². The molecule has 2 aromatic heterocycles. The molecule has 0 radical (unpaired) electrons. The summed E-state index contributed by atoms with van der Waals surface area (Å²) in [7, 11) is 2.26. The fourth-order valence-electron chi connectivity index (χ4n) is 7.68. The van der Waals surface area contributed by atoms with Crippen molar-refractivity contribution < 1.29 is 4.74 Å². The Bertz CT molecular complexity index is 1480. The molecule has 11 nitrogen and oxygen atoms in total. The zero-order chi connectivity index (χ0) is 29.3. The first-order valence-electron chi connectivity index (χ1n) is 16.1. The molecule has 1 aromatic carbocycles. The van der Waals surface area contributed by atoms with Crippen molar-refractivity contribution in [3.8, 4) is 12.1 Å². The van der Waals surface area contributed by atoms with Gasteiger partial charge in [0.15, 0.2) is 0 Å². The molecule has 0 saturated carbocycles. The van der Waals surface area contributed by atoms with Crippen molar-refractivity contribution in [1.29, 1.82) is 5.26 Å². The fourth-order valence-corrected chi connectivity index (χ4v) is 7.68. The van der Waals surface area contributed by atoms with Gasteiger partial charge in [-0.15, -0.1) is 0 Å². The highest BCUT2D eigenvalue weighted by Gasteiger charge is 2.32. The van der Waals surface area contributed by atoms with E-state index in [9.17, 15) is 5.26 Å². The minimum absolute atomic E-state index is 0.135. The Balaban J connectivity index is 1.15. The van der Waals surface area contributed by atoms with Crippen molar-refractivity contribution >= 4 is 22.4 Å². The monoisotopic (exact) mass is 584 g/mol. The van der Waals surface area contributed by atoms with E-state index in [1.165, 1.54) is 42.6 Å². The lowest BCUT2D eigenvalue weighted by molar-refractivity contribution is 0.135. The van der Waals surface area contributed by atoms with Crippen molar-refractivity contribution in [3.63, 3.8) is 0 Å². The molecular weight excluding hydrogens is 540 g/mol. The number of benzene rings is 1. The molecule has 0 bridgehead atoms.